The standard InChI is InChI=1S/C17H15IN2O2S/c1-22-15-9-2-12(3-10-15)4-11-16(21)20-17(23)19-14-7-5-13(18)6-8-14/h2-11H,1H3,(H2,19,20,21,23)/b11-4+. The zero-order valence-electron chi connectivity index (χ0n) is 12.4. The van der Waals surface area contributed by atoms with Crippen molar-refractivity contribution in [2.75, 3.05) is 12.4 Å². The van der Waals surface area contributed by atoms with Crippen molar-refractivity contribution in [3.8, 4) is 5.75 Å². The predicted octanol–water partition coefficient (Wildman–Crippen LogP) is 3.83. The Morgan fingerprint density at radius 3 is 2.39 bits per heavy atom. The molecule has 0 saturated heterocycles. The van der Waals surface area contributed by atoms with Gasteiger partial charge in [0.25, 0.3) is 0 Å². The van der Waals surface area contributed by atoms with Crippen molar-refractivity contribution in [1.82, 2.24) is 5.32 Å². The van der Waals surface area contributed by atoms with Gasteiger partial charge >= 0.3 is 0 Å². The average Bonchev–Trinajstić information content (AvgIpc) is 2.55. The van der Waals surface area contributed by atoms with Gasteiger partial charge in [0.1, 0.15) is 5.75 Å². The molecule has 6 heteroatoms. The van der Waals surface area contributed by atoms with Gasteiger partial charge in [-0.3, -0.25) is 10.1 Å². The summed E-state index contributed by atoms with van der Waals surface area (Å²) in [5, 5.41) is 5.82. The number of rotatable bonds is 4. The Labute approximate surface area is 154 Å². The van der Waals surface area contributed by atoms with Crippen molar-refractivity contribution in [2.45, 2.75) is 0 Å². The largest absolute Gasteiger partial charge is 0.497 e. The number of ether oxygens (including phenoxy) is 1. The summed E-state index contributed by atoms with van der Waals surface area (Å²) in [6, 6.07) is 15.1. The number of carbonyl (C=O) groups is 1. The highest BCUT2D eigenvalue weighted by Crippen LogP contribution is 2.12. The Bertz CT molecular complexity index is 712. The number of nitrogens with one attached hydrogen (secondary N) is 2. The first-order chi connectivity index (χ1) is 11.1. The minimum Gasteiger partial charge on any atom is -0.497 e. The molecule has 23 heavy (non-hydrogen) atoms. The van der Waals surface area contributed by atoms with E-state index in [1.54, 1.807) is 13.2 Å². The molecule has 0 aliphatic rings. The Kier molecular flexibility index (Phi) is 6.54. The number of amides is 1. The van der Waals surface area contributed by atoms with E-state index >= 15 is 0 Å². The highest BCUT2D eigenvalue weighted by molar-refractivity contribution is 14.1. The van der Waals surface area contributed by atoms with E-state index in [2.05, 4.69) is 33.2 Å². The van der Waals surface area contributed by atoms with Crippen molar-refractivity contribution in [3.05, 3.63) is 63.7 Å². The zero-order chi connectivity index (χ0) is 16.7. The minimum atomic E-state index is -0.288. The normalized spacial score (nSPS) is 10.3. The Balaban J connectivity index is 1.86. The fourth-order valence-electron chi connectivity index (χ4n) is 1.74. The summed E-state index contributed by atoms with van der Waals surface area (Å²) < 4.78 is 6.21. The van der Waals surface area contributed by atoms with E-state index < -0.39 is 0 Å². The van der Waals surface area contributed by atoms with E-state index in [1.165, 1.54) is 6.08 Å². The van der Waals surface area contributed by atoms with Gasteiger partial charge in [0, 0.05) is 15.3 Å². The van der Waals surface area contributed by atoms with Crippen LogP contribution in [0.5, 0.6) is 5.75 Å². The molecule has 1 amide bonds. The predicted molar refractivity (Wildman–Crippen MR) is 106 cm³/mol. The maximum absolute atomic E-state index is 11.8. The van der Waals surface area contributed by atoms with Gasteiger partial charge in [0.05, 0.1) is 7.11 Å². The number of hydrogen-bond acceptors (Lipinski definition) is 3. The maximum atomic E-state index is 11.8. The number of carbonyl (C=O) groups excluding carboxylic acids is 1. The summed E-state index contributed by atoms with van der Waals surface area (Å²) in [7, 11) is 1.61. The Hall–Kier alpha value is -1.93. The molecule has 4 nitrogen and oxygen atoms in total. The SMILES string of the molecule is COc1ccc(/C=C/C(=O)NC(=S)Nc2ccc(I)cc2)cc1. The molecule has 0 spiro atoms. The summed E-state index contributed by atoms with van der Waals surface area (Å²) in [6.07, 6.45) is 3.14. The molecule has 0 unspecified atom stereocenters. The van der Waals surface area contributed by atoms with Crippen LogP contribution < -0.4 is 15.4 Å². The molecule has 2 aromatic rings. The van der Waals surface area contributed by atoms with Gasteiger partial charge in [-0.15, -0.1) is 0 Å². The summed E-state index contributed by atoms with van der Waals surface area (Å²) in [6.45, 7) is 0. The molecule has 0 aliphatic carbocycles. The highest BCUT2D eigenvalue weighted by atomic mass is 127. The van der Waals surface area contributed by atoms with Gasteiger partial charge in [-0.2, -0.15) is 0 Å². The maximum Gasteiger partial charge on any atom is 0.250 e. The minimum absolute atomic E-state index is 0.260. The van der Waals surface area contributed by atoms with Gasteiger partial charge in [-0.05, 0) is 82.8 Å². The molecule has 118 valence electrons. The van der Waals surface area contributed by atoms with Crippen LogP contribution >= 0.6 is 34.8 Å². The van der Waals surface area contributed by atoms with Crippen LogP contribution in [0.4, 0.5) is 5.69 Å². The first kappa shape index (κ1) is 17.4. The molecule has 0 radical (unpaired) electrons. The fraction of sp³-hybridized carbons (Fsp3) is 0.0588. The lowest BCUT2D eigenvalue weighted by Gasteiger charge is -2.08. The summed E-state index contributed by atoms with van der Waals surface area (Å²) >= 11 is 7.34. The third-order valence-electron chi connectivity index (χ3n) is 2.88. The van der Waals surface area contributed by atoms with Crippen LogP contribution in [0.3, 0.4) is 0 Å². The summed E-state index contributed by atoms with van der Waals surface area (Å²) in [4.78, 5) is 11.8. The van der Waals surface area contributed by atoms with Gasteiger partial charge < -0.3 is 10.1 Å². The third kappa shape index (κ3) is 5.99. The molecular formula is C17H15IN2O2S. The fourth-order valence-corrected chi connectivity index (χ4v) is 2.31. The van der Waals surface area contributed by atoms with E-state index in [0.29, 0.717) is 0 Å². The lowest BCUT2D eigenvalue weighted by atomic mass is 10.2. The van der Waals surface area contributed by atoms with Crippen molar-refractivity contribution in [2.24, 2.45) is 0 Å². The van der Waals surface area contributed by atoms with Crippen LogP contribution in [0.25, 0.3) is 6.08 Å². The first-order valence-corrected chi connectivity index (χ1v) is 8.25. The van der Waals surface area contributed by atoms with Gasteiger partial charge in [-0.25, -0.2) is 0 Å². The molecule has 0 aliphatic heterocycles. The zero-order valence-corrected chi connectivity index (χ0v) is 15.4. The van der Waals surface area contributed by atoms with Crippen LogP contribution in [-0.4, -0.2) is 18.1 Å². The second kappa shape index (κ2) is 8.64. The molecule has 0 aromatic heterocycles. The highest BCUT2D eigenvalue weighted by Gasteiger charge is 2.01. The lowest BCUT2D eigenvalue weighted by Crippen LogP contribution is -2.32. The first-order valence-electron chi connectivity index (χ1n) is 6.76. The van der Waals surface area contributed by atoms with E-state index in [9.17, 15) is 4.79 Å². The third-order valence-corrected chi connectivity index (χ3v) is 3.81. The molecule has 0 atom stereocenters. The number of thiocarbonyl (C=S) groups is 1. The number of anilines is 1. The van der Waals surface area contributed by atoms with Crippen LogP contribution in [0.15, 0.2) is 54.6 Å². The monoisotopic (exact) mass is 438 g/mol. The van der Waals surface area contributed by atoms with Crippen molar-refractivity contribution < 1.29 is 9.53 Å². The van der Waals surface area contributed by atoms with Gasteiger partial charge in [0.2, 0.25) is 5.91 Å². The second-order valence-electron chi connectivity index (χ2n) is 4.56. The lowest BCUT2D eigenvalue weighted by molar-refractivity contribution is -0.115. The smallest absolute Gasteiger partial charge is 0.250 e. The molecule has 2 rings (SSSR count). The number of benzene rings is 2. The Morgan fingerprint density at radius 2 is 1.78 bits per heavy atom. The molecule has 2 N–H and O–H groups in total. The molecular weight excluding hydrogens is 423 g/mol. The van der Waals surface area contributed by atoms with Gasteiger partial charge in [0.15, 0.2) is 5.11 Å². The number of methoxy groups -OCH3 is 1. The second-order valence-corrected chi connectivity index (χ2v) is 6.21. The Morgan fingerprint density at radius 1 is 1.13 bits per heavy atom. The van der Waals surface area contributed by atoms with E-state index in [0.717, 1.165) is 20.6 Å². The van der Waals surface area contributed by atoms with Crippen LogP contribution in [-0.2, 0) is 4.79 Å². The van der Waals surface area contributed by atoms with Crippen molar-refractivity contribution >= 4 is 57.6 Å². The van der Waals surface area contributed by atoms with Crippen molar-refractivity contribution in [3.63, 3.8) is 0 Å². The average molecular weight is 438 g/mol. The molecule has 2 aromatic carbocycles. The summed E-state index contributed by atoms with van der Waals surface area (Å²) in [5.41, 5.74) is 1.73. The van der Waals surface area contributed by atoms with Crippen molar-refractivity contribution in [1.29, 1.82) is 0 Å². The van der Waals surface area contributed by atoms with E-state index in [1.807, 2.05) is 48.5 Å². The van der Waals surface area contributed by atoms with Crippen LogP contribution in [0, 0.1) is 3.57 Å². The topological polar surface area (TPSA) is 50.4 Å². The molecule has 0 fully saturated rings. The van der Waals surface area contributed by atoms with E-state index in [4.69, 9.17) is 17.0 Å². The quantitative estimate of drug-likeness (QED) is 0.433. The molecule has 0 heterocycles. The van der Waals surface area contributed by atoms with Gasteiger partial charge in [-0.1, -0.05) is 12.1 Å². The van der Waals surface area contributed by atoms with Crippen LogP contribution in [0.2, 0.25) is 0 Å². The summed E-state index contributed by atoms with van der Waals surface area (Å²) in [5.74, 6) is 0.485. The molecule has 0 bridgehead atoms. The molecule has 0 saturated carbocycles. The number of hydrogen-bond donors (Lipinski definition) is 2. The number of halogens is 1. The van der Waals surface area contributed by atoms with Crippen LogP contribution in [0.1, 0.15) is 5.56 Å². The van der Waals surface area contributed by atoms with E-state index in [-0.39, 0.29) is 11.0 Å².